The minimum absolute atomic E-state index is 0.451. The molecule has 0 bridgehead atoms. The number of hydrogen-bond acceptors (Lipinski definition) is 2. The van der Waals surface area contributed by atoms with Crippen LogP contribution < -0.4 is 10.2 Å². The predicted molar refractivity (Wildman–Crippen MR) is 88.4 cm³/mol. The van der Waals surface area contributed by atoms with Crippen molar-refractivity contribution in [1.29, 1.82) is 0 Å². The van der Waals surface area contributed by atoms with Gasteiger partial charge in [0.1, 0.15) is 0 Å². The van der Waals surface area contributed by atoms with Crippen LogP contribution in [0.3, 0.4) is 0 Å². The Kier molecular flexibility index (Phi) is 5.90. The topological polar surface area (TPSA) is 15.3 Å². The zero-order valence-electron chi connectivity index (χ0n) is 13.4. The van der Waals surface area contributed by atoms with E-state index in [0.29, 0.717) is 6.04 Å². The smallest absolute Gasteiger partial charge is 0.0366 e. The van der Waals surface area contributed by atoms with Crippen molar-refractivity contribution < 1.29 is 0 Å². The average molecular weight is 274 g/mol. The van der Waals surface area contributed by atoms with Crippen molar-refractivity contribution in [2.24, 2.45) is 5.92 Å². The summed E-state index contributed by atoms with van der Waals surface area (Å²) in [6.45, 7) is 10.2. The number of rotatable bonds is 9. The Morgan fingerprint density at radius 2 is 1.85 bits per heavy atom. The molecule has 1 unspecified atom stereocenters. The van der Waals surface area contributed by atoms with E-state index in [1.165, 1.54) is 50.0 Å². The van der Waals surface area contributed by atoms with Gasteiger partial charge in [0.15, 0.2) is 0 Å². The zero-order valence-corrected chi connectivity index (χ0v) is 13.4. The van der Waals surface area contributed by atoms with E-state index < -0.39 is 0 Å². The SMILES string of the molecule is CCCNC(C)c1ccc(N(CCC)CC2CC2)cc1. The third-order valence-electron chi connectivity index (χ3n) is 4.13. The average Bonchev–Trinajstić information content (AvgIpc) is 3.28. The number of nitrogens with one attached hydrogen (secondary N) is 1. The van der Waals surface area contributed by atoms with Crippen molar-refractivity contribution in [2.75, 3.05) is 24.5 Å². The third-order valence-corrected chi connectivity index (χ3v) is 4.13. The van der Waals surface area contributed by atoms with Gasteiger partial charge in [-0.1, -0.05) is 26.0 Å². The van der Waals surface area contributed by atoms with Gasteiger partial charge in [-0.2, -0.15) is 0 Å². The molecule has 112 valence electrons. The summed E-state index contributed by atoms with van der Waals surface area (Å²) in [6.07, 6.45) is 5.27. The van der Waals surface area contributed by atoms with Gasteiger partial charge in [0, 0.05) is 24.8 Å². The molecule has 2 heteroatoms. The monoisotopic (exact) mass is 274 g/mol. The van der Waals surface area contributed by atoms with Gasteiger partial charge in [-0.25, -0.2) is 0 Å². The lowest BCUT2D eigenvalue weighted by atomic mass is 10.1. The minimum Gasteiger partial charge on any atom is -0.371 e. The summed E-state index contributed by atoms with van der Waals surface area (Å²) in [4.78, 5) is 2.56. The first-order valence-corrected chi connectivity index (χ1v) is 8.32. The van der Waals surface area contributed by atoms with Crippen LogP contribution in [0.25, 0.3) is 0 Å². The molecule has 0 radical (unpaired) electrons. The van der Waals surface area contributed by atoms with Crippen LogP contribution >= 0.6 is 0 Å². The third kappa shape index (κ3) is 4.52. The van der Waals surface area contributed by atoms with Crippen molar-refractivity contribution in [3.05, 3.63) is 29.8 Å². The molecule has 1 saturated carbocycles. The summed E-state index contributed by atoms with van der Waals surface area (Å²) in [7, 11) is 0. The van der Waals surface area contributed by atoms with Crippen LogP contribution in [-0.4, -0.2) is 19.6 Å². The number of anilines is 1. The van der Waals surface area contributed by atoms with Crippen LogP contribution in [-0.2, 0) is 0 Å². The second-order valence-corrected chi connectivity index (χ2v) is 6.16. The maximum absolute atomic E-state index is 3.55. The molecule has 1 fully saturated rings. The first-order valence-electron chi connectivity index (χ1n) is 8.32. The molecule has 0 aromatic heterocycles. The second kappa shape index (κ2) is 7.68. The van der Waals surface area contributed by atoms with E-state index in [0.717, 1.165) is 12.5 Å². The normalized spacial score (nSPS) is 16.1. The van der Waals surface area contributed by atoms with Crippen LogP contribution in [0.1, 0.15) is 58.1 Å². The summed E-state index contributed by atoms with van der Waals surface area (Å²) >= 11 is 0. The Hall–Kier alpha value is -1.02. The summed E-state index contributed by atoms with van der Waals surface area (Å²) in [6, 6.07) is 9.64. The maximum atomic E-state index is 3.55. The van der Waals surface area contributed by atoms with Crippen LogP contribution in [0.4, 0.5) is 5.69 Å². The van der Waals surface area contributed by atoms with Crippen molar-refractivity contribution in [3.63, 3.8) is 0 Å². The molecule has 0 spiro atoms. The fourth-order valence-corrected chi connectivity index (χ4v) is 2.66. The lowest BCUT2D eigenvalue weighted by molar-refractivity contribution is 0.570. The Bertz CT molecular complexity index is 381. The van der Waals surface area contributed by atoms with Crippen LogP contribution in [0.2, 0.25) is 0 Å². The van der Waals surface area contributed by atoms with E-state index in [1.807, 2.05) is 0 Å². The molecule has 1 aliphatic carbocycles. The molecule has 0 amide bonds. The minimum atomic E-state index is 0.451. The molecule has 20 heavy (non-hydrogen) atoms. The van der Waals surface area contributed by atoms with E-state index in [9.17, 15) is 0 Å². The number of hydrogen-bond donors (Lipinski definition) is 1. The van der Waals surface area contributed by atoms with Gasteiger partial charge in [0.2, 0.25) is 0 Å². The Labute approximate surface area is 124 Å². The standard InChI is InChI=1S/C18H30N2/c1-4-12-19-15(3)17-8-10-18(11-9-17)20(13-5-2)14-16-6-7-16/h8-11,15-16,19H,4-7,12-14H2,1-3H3. The van der Waals surface area contributed by atoms with Gasteiger partial charge < -0.3 is 10.2 Å². The van der Waals surface area contributed by atoms with Crippen LogP contribution in [0.15, 0.2) is 24.3 Å². The Morgan fingerprint density at radius 3 is 2.40 bits per heavy atom. The first kappa shape index (κ1) is 15.4. The lowest BCUT2D eigenvalue weighted by Crippen LogP contribution is -2.26. The number of nitrogens with zero attached hydrogens (tertiary/aromatic N) is 1. The molecule has 0 aliphatic heterocycles. The van der Waals surface area contributed by atoms with Crippen molar-refractivity contribution in [1.82, 2.24) is 5.32 Å². The zero-order chi connectivity index (χ0) is 14.4. The van der Waals surface area contributed by atoms with Crippen LogP contribution in [0, 0.1) is 5.92 Å². The van der Waals surface area contributed by atoms with Crippen molar-refractivity contribution in [2.45, 2.75) is 52.5 Å². The summed E-state index contributed by atoms with van der Waals surface area (Å²) in [5.41, 5.74) is 2.79. The molecule has 1 aromatic rings. The largest absolute Gasteiger partial charge is 0.371 e. The summed E-state index contributed by atoms with van der Waals surface area (Å²) in [5, 5.41) is 3.55. The first-order chi connectivity index (χ1) is 9.74. The molecule has 1 aliphatic rings. The molecule has 1 N–H and O–H groups in total. The van der Waals surface area contributed by atoms with Gasteiger partial charge in [-0.05, 0) is 62.8 Å². The Morgan fingerprint density at radius 1 is 1.15 bits per heavy atom. The molecular weight excluding hydrogens is 244 g/mol. The van der Waals surface area contributed by atoms with Crippen molar-refractivity contribution in [3.8, 4) is 0 Å². The van der Waals surface area contributed by atoms with Crippen molar-refractivity contribution >= 4 is 5.69 Å². The highest BCUT2D eigenvalue weighted by Crippen LogP contribution is 2.31. The Balaban J connectivity index is 1.97. The van der Waals surface area contributed by atoms with E-state index >= 15 is 0 Å². The van der Waals surface area contributed by atoms with Crippen LogP contribution in [0.5, 0.6) is 0 Å². The quantitative estimate of drug-likeness (QED) is 0.719. The van der Waals surface area contributed by atoms with E-state index in [4.69, 9.17) is 0 Å². The van der Waals surface area contributed by atoms with Gasteiger partial charge in [-0.3, -0.25) is 0 Å². The highest BCUT2D eigenvalue weighted by atomic mass is 15.1. The van der Waals surface area contributed by atoms with E-state index in [2.05, 4.69) is 55.3 Å². The second-order valence-electron chi connectivity index (χ2n) is 6.16. The highest BCUT2D eigenvalue weighted by molar-refractivity contribution is 5.48. The lowest BCUT2D eigenvalue weighted by Gasteiger charge is -2.25. The summed E-state index contributed by atoms with van der Waals surface area (Å²) < 4.78 is 0. The van der Waals surface area contributed by atoms with E-state index in [-0.39, 0.29) is 0 Å². The van der Waals surface area contributed by atoms with Gasteiger partial charge in [0.25, 0.3) is 0 Å². The van der Waals surface area contributed by atoms with Gasteiger partial charge in [0.05, 0.1) is 0 Å². The van der Waals surface area contributed by atoms with Gasteiger partial charge >= 0.3 is 0 Å². The fraction of sp³-hybridized carbons (Fsp3) is 0.667. The molecule has 1 aromatic carbocycles. The van der Waals surface area contributed by atoms with E-state index in [1.54, 1.807) is 0 Å². The molecule has 2 rings (SSSR count). The molecule has 0 heterocycles. The number of benzene rings is 1. The predicted octanol–water partition coefficient (Wildman–Crippen LogP) is 4.37. The maximum Gasteiger partial charge on any atom is 0.0366 e. The molecular formula is C18H30N2. The highest BCUT2D eigenvalue weighted by Gasteiger charge is 2.24. The summed E-state index contributed by atoms with van der Waals surface area (Å²) in [5.74, 6) is 0.950. The molecule has 0 saturated heterocycles. The fourth-order valence-electron chi connectivity index (χ4n) is 2.66. The molecule has 2 nitrogen and oxygen atoms in total. The molecule has 1 atom stereocenters. The van der Waals surface area contributed by atoms with Gasteiger partial charge in [-0.15, -0.1) is 0 Å².